The first-order valence-corrected chi connectivity index (χ1v) is 15.4. The van der Waals surface area contributed by atoms with E-state index >= 15 is 0 Å². The van der Waals surface area contributed by atoms with Gasteiger partial charge in [-0.05, 0) is 97.9 Å². The molecule has 4 fully saturated rings. The number of alkyl halides is 6. The molecule has 0 N–H and O–H groups in total. The van der Waals surface area contributed by atoms with E-state index in [-0.39, 0.29) is 36.0 Å². The minimum absolute atomic E-state index is 0.0636. The van der Waals surface area contributed by atoms with Crippen LogP contribution >= 0.6 is 0 Å². The summed E-state index contributed by atoms with van der Waals surface area (Å²) in [6.07, 6.45) is -7.38. The number of halogens is 7. The minimum atomic E-state index is -5.02. The quantitative estimate of drug-likeness (QED) is 0.239. The number of carbonyl (C=O) groups excluding carboxylic acids is 2. The average Bonchev–Trinajstić information content (AvgIpc) is 2.97. The molecular formula is C33H38F7N3O3. The van der Waals surface area contributed by atoms with Crippen LogP contribution in [0.5, 0.6) is 0 Å². The maximum Gasteiger partial charge on any atom is 0.416 e. The molecule has 46 heavy (non-hydrogen) atoms. The summed E-state index contributed by atoms with van der Waals surface area (Å²) in [5, 5.41) is 0. The summed E-state index contributed by atoms with van der Waals surface area (Å²) in [7, 11) is 2.75. The number of urea groups is 1. The lowest BCUT2D eigenvalue weighted by Crippen LogP contribution is -2.56. The Morgan fingerprint density at radius 3 is 2.15 bits per heavy atom. The Hall–Kier alpha value is -3.35. The van der Waals surface area contributed by atoms with Crippen molar-refractivity contribution in [3.05, 3.63) is 70.0 Å². The summed E-state index contributed by atoms with van der Waals surface area (Å²) < 4.78 is 100. The summed E-state index contributed by atoms with van der Waals surface area (Å²) in [6, 6.07) is 3.35. The number of hydrogen-bond acceptors (Lipinski definition) is 4. The molecule has 2 bridgehead atoms. The van der Waals surface area contributed by atoms with Gasteiger partial charge in [0.25, 0.3) is 0 Å². The predicted octanol–water partition coefficient (Wildman–Crippen LogP) is 7.48. The zero-order valence-electron chi connectivity index (χ0n) is 26.1. The Morgan fingerprint density at radius 1 is 0.957 bits per heavy atom. The molecule has 4 atom stereocenters. The lowest BCUT2D eigenvalue weighted by Gasteiger charge is -2.52. The van der Waals surface area contributed by atoms with Crippen molar-refractivity contribution in [2.45, 2.75) is 57.5 Å². The van der Waals surface area contributed by atoms with E-state index in [2.05, 4.69) is 4.90 Å². The normalized spacial score (nSPS) is 25.9. The minimum Gasteiger partial charge on any atom is -0.469 e. The second kappa shape index (κ2) is 12.7. The monoisotopic (exact) mass is 657 g/mol. The van der Waals surface area contributed by atoms with Crippen LogP contribution in [0.1, 0.15) is 66.1 Å². The lowest BCUT2D eigenvalue weighted by atomic mass is 9.55. The fraction of sp³-hybridized carbons (Fsp3) is 0.576. The highest BCUT2D eigenvalue weighted by Crippen LogP contribution is 2.53. The van der Waals surface area contributed by atoms with E-state index in [1.807, 2.05) is 0 Å². The van der Waals surface area contributed by atoms with Crippen LogP contribution in [-0.4, -0.2) is 67.0 Å². The van der Waals surface area contributed by atoms with E-state index in [1.54, 1.807) is 17.9 Å². The number of fused-ring (bicyclic) bond motifs is 2. The summed E-state index contributed by atoms with van der Waals surface area (Å²) in [4.78, 5) is 31.3. The zero-order valence-corrected chi connectivity index (χ0v) is 26.1. The van der Waals surface area contributed by atoms with Gasteiger partial charge in [0, 0.05) is 33.2 Å². The first-order valence-electron chi connectivity index (χ1n) is 15.4. The Morgan fingerprint density at radius 2 is 1.59 bits per heavy atom. The molecule has 252 valence electrons. The standard InChI is InChI=1S/C33H38F7N3O3/c1-18-9-26(34)5-6-27(18)29-17-42(16-23-14-28(30(44)46-4)22-10-21(23)11-22)7-8-43(29)31(45)41(3)19(2)20-12-24(32(35,36)37)15-25(13-20)33(38,39)40/h5-6,9,12-13,15,19,21-23,28-29H,7-8,10-11,14,16-17H2,1-4H3/t19-,21?,22?,23?,28-,29-/m1/s1. The summed E-state index contributed by atoms with van der Waals surface area (Å²) in [5.74, 6) is 0.332. The van der Waals surface area contributed by atoms with Gasteiger partial charge in [0.15, 0.2) is 0 Å². The van der Waals surface area contributed by atoms with E-state index in [0.29, 0.717) is 54.7 Å². The molecule has 6 nitrogen and oxygen atoms in total. The van der Waals surface area contributed by atoms with Crippen molar-refractivity contribution >= 4 is 12.0 Å². The highest BCUT2D eigenvalue weighted by molar-refractivity contribution is 5.76. The Balaban J connectivity index is 1.39. The number of aryl methyl sites for hydroxylation is 1. The van der Waals surface area contributed by atoms with Gasteiger partial charge in [-0.3, -0.25) is 9.69 Å². The lowest BCUT2D eigenvalue weighted by molar-refractivity contribution is -0.156. The van der Waals surface area contributed by atoms with Crippen molar-refractivity contribution < 1.29 is 45.1 Å². The van der Waals surface area contributed by atoms with Crippen LogP contribution in [0.3, 0.4) is 0 Å². The molecule has 2 aromatic rings. The molecule has 1 aliphatic heterocycles. The number of amides is 2. The van der Waals surface area contributed by atoms with Crippen LogP contribution in [0.2, 0.25) is 0 Å². The third-order valence-corrected chi connectivity index (χ3v) is 10.3. The first-order chi connectivity index (χ1) is 21.5. The molecule has 3 aliphatic carbocycles. The van der Waals surface area contributed by atoms with Crippen LogP contribution < -0.4 is 0 Å². The number of esters is 1. The molecule has 1 heterocycles. The second-order valence-electron chi connectivity index (χ2n) is 13.0. The number of benzene rings is 2. The first kappa shape index (κ1) is 34.0. The van der Waals surface area contributed by atoms with Gasteiger partial charge in [-0.1, -0.05) is 6.07 Å². The van der Waals surface area contributed by atoms with Crippen molar-refractivity contribution in [2.75, 3.05) is 40.3 Å². The van der Waals surface area contributed by atoms with Gasteiger partial charge >= 0.3 is 24.4 Å². The molecule has 13 heteroatoms. The molecule has 3 saturated carbocycles. The van der Waals surface area contributed by atoms with Gasteiger partial charge in [0.05, 0.1) is 36.2 Å². The number of methoxy groups -OCH3 is 1. The molecule has 2 aromatic carbocycles. The van der Waals surface area contributed by atoms with Gasteiger partial charge in [-0.25, -0.2) is 9.18 Å². The summed E-state index contributed by atoms with van der Waals surface area (Å²) >= 11 is 0. The molecule has 6 rings (SSSR count). The molecule has 1 saturated heterocycles. The number of hydrogen-bond donors (Lipinski definition) is 0. The molecule has 4 aliphatic rings. The van der Waals surface area contributed by atoms with Crippen LogP contribution in [0.15, 0.2) is 36.4 Å². The van der Waals surface area contributed by atoms with Crippen molar-refractivity contribution in [2.24, 2.45) is 23.7 Å². The number of ether oxygens (including phenoxy) is 1. The van der Waals surface area contributed by atoms with Gasteiger partial charge in [-0.2, -0.15) is 26.3 Å². The molecule has 1 unspecified atom stereocenters. The molecule has 0 radical (unpaired) electrons. The van der Waals surface area contributed by atoms with E-state index in [0.717, 1.165) is 24.2 Å². The molecular weight excluding hydrogens is 619 g/mol. The SMILES string of the molecule is COC(=O)[C@@H]1CC(CN2CCN(C(=O)N(C)[C@H](C)c3cc(C(F)(F)F)cc(C(F)(F)F)c3)[C@@H](c3ccc(F)cc3C)C2)C2CC1C2. The predicted molar refractivity (Wildman–Crippen MR) is 155 cm³/mol. The van der Waals surface area contributed by atoms with Gasteiger partial charge in [-0.15, -0.1) is 0 Å². The molecule has 0 aromatic heterocycles. The van der Waals surface area contributed by atoms with Crippen LogP contribution in [0, 0.1) is 36.4 Å². The van der Waals surface area contributed by atoms with Crippen LogP contribution in [0.25, 0.3) is 0 Å². The van der Waals surface area contributed by atoms with E-state index < -0.39 is 47.4 Å². The largest absolute Gasteiger partial charge is 0.469 e. The Kier molecular flexibility index (Phi) is 9.38. The van der Waals surface area contributed by atoms with Gasteiger partial charge in [0.2, 0.25) is 0 Å². The van der Waals surface area contributed by atoms with Crippen molar-refractivity contribution in [3.63, 3.8) is 0 Å². The number of piperazine rings is 1. The Bertz CT molecular complexity index is 1420. The fourth-order valence-electron chi connectivity index (χ4n) is 7.45. The van der Waals surface area contributed by atoms with Crippen molar-refractivity contribution in [1.29, 1.82) is 0 Å². The van der Waals surface area contributed by atoms with Gasteiger partial charge in [0.1, 0.15) is 5.82 Å². The third-order valence-electron chi connectivity index (χ3n) is 10.3. The number of nitrogens with zero attached hydrogens (tertiary/aromatic N) is 3. The Labute approximate surface area is 263 Å². The van der Waals surface area contributed by atoms with E-state index in [9.17, 15) is 40.3 Å². The van der Waals surface area contributed by atoms with Crippen molar-refractivity contribution in [1.82, 2.24) is 14.7 Å². The topological polar surface area (TPSA) is 53.1 Å². The zero-order chi connectivity index (χ0) is 33.7. The number of rotatable bonds is 6. The highest BCUT2D eigenvalue weighted by Gasteiger charge is 2.49. The van der Waals surface area contributed by atoms with Crippen LogP contribution in [0.4, 0.5) is 35.5 Å². The van der Waals surface area contributed by atoms with Crippen LogP contribution in [-0.2, 0) is 21.9 Å². The smallest absolute Gasteiger partial charge is 0.416 e. The highest BCUT2D eigenvalue weighted by atomic mass is 19.4. The van der Waals surface area contributed by atoms with E-state index in [1.165, 1.54) is 33.2 Å². The van der Waals surface area contributed by atoms with Crippen molar-refractivity contribution in [3.8, 4) is 0 Å². The second-order valence-corrected chi connectivity index (χ2v) is 13.0. The fourth-order valence-corrected chi connectivity index (χ4v) is 7.45. The van der Waals surface area contributed by atoms with E-state index in [4.69, 9.17) is 4.74 Å². The average molecular weight is 658 g/mol. The maximum atomic E-state index is 14.1. The summed E-state index contributed by atoms with van der Waals surface area (Å²) in [5.41, 5.74) is -1.90. The summed E-state index contributed by atoms with van der Waals surface area (Å²) in [6.45, 7) is 4.90. The third kappa shape index (κ3) is 6.84. The molecule has 2 amide bonds. The molecule has 0 spiro atoms. The maximum absolute atomic E-state index is 14.1. The van der Waals surface area contributed by atoms with Gasteiger partial charge < -0.3 is 14.5 Å². The number of carbonyl (C=O) groups is 2.